The van der Waals surface area contributed by atoms with Gasteiger partial charge in [-0.15, -0.1) is 0 Å². The van der Waals surface area contributed by atoms with Crippen LogP contribution in [0.15, 0.2) is 4.52 Å². The first-order chi connectivity index (χ1) is 10.5. The van der Waals surface area contributed by atoms with E-state index in [2.05, 4.69) is 5.16 Å². The molecule has 2 heterocycles. The summed E-state index contributed by atoms with van der Waals surface area (Å²) in [7, 11) is 0. The van der Waals surface area contributed by atoms with E-state index in [-0.39, 0.29) is 18.7 Å². The molecule has 0 aliphatic carbocycles. The number of aryl methyl sites for hydroxylation is 2. The van der Waals surface area contributed by atoms with Gasteiger partial charge in [0.15, 0.2) is 0 Å². The molecule has 0 bridgehead atoms. The van der Waals surface area contributed by atoms with Crippen molar-refractivity contribution in [1.82, 2.24) is 10.1 Å². The Morgan fingerprint density at radius 1 is 1.36 bits per heavy atom. The van der Waals surface area contributed by atoms with E-state index in [1.54, 1.807) is 4.90 Å². The van der Waals surface area contributed by atoms with Crippen LogP contribution < -0.4 is 0 Å². The first-order valence-electron chi connectivity index (χ1n) is 7.62. The maximum absolute atomic E-state index is 12.5. The minimum absolute atomic E-state index is 0.0358. The second-order valence-electron chi connectivity index (χ2n) is 5.35. The fourth-order valence-electron chi connectivity index (χ4n) is 2.66. The molecule has 2 rings (SSSR count). The van der Waals surface area contributed by atoms with Crippen LogP contribution in [0.5, 0.6) is 0 Å². The van der Waals surface area contributed by atoms with Crippen molar-refractivity contribution in [3.8, 4) is 0 Å². The number of ether oxygens (including phenoxy) is 1. The van der Waals surface area contributed by atoms with Gasteiger partial charge in [0.2, 0.25) is 5.91 Å². The predicted molar refractivity (Wildman–Crippen MR) is 77.5 cm³/mol. The van der Waals surface area contributed by atoms with Crippen LogP contribution in [-0.4, -0.2) is 52.8 Å². The lowest BCUT2D eigenvalue weighted by atomic mass is 10.1. The maximum atomic E-state index is 12.5. The van der Waals surface area contributed by atoms with Crippen LogP contribution >= 0.6 is 0 Å². The predicted octanol–water partition coefficient (Wildman–Crippen LogP) is 1.04. The molecule has 1 aromatic heterocycles. The molecule has 22 heavy (non-hydrogen) atoms. The van der Waals surface area contributed by atoms with Gasteiger partial charge in [-0.3, -0.25) is 9.59 Å². The molecule has 0 spiro atoms. The number of aliphatic carboxylic acids is 1. The van der Waals surface area contributed by atoms with Crippen molar-refractivity contribution in [1.29, 1.82) is 0 Å². The second kappa shape index (κ2) is 7.40. The Bertz CT molecular complexity index is 519. The SMILES string of the molecule is CCc1noc(CC)c1CC(=O)N1CCO[C@@H](CC(=O)O)C1. The number of carboxylic acid groups (broad SMARTS) is 1. The Kier molecular flexibility index (Phi) is 5.54. The maximum Gasteiger partial charge on any atom is 0.306 e. The number of nitrogens with zero attached hydrogens (tertiary/aromatic N) is 2. The number of aromatic nitrogens is 1. The Balaban J connectivity index is 2.02. The van der Waals surface area contributed by atoms with E-state index >= 15 is 0 Å². The Morgan fingerprint density at radius 2 is 2.14 bits per heavy atom. The molecule has 1 atom stereocenters. The first kappa shape index (κ1) is 16.5. The van der Waals surface area contributed by atoms with Crippen molar-refractivity contribution in [3.63, 3.8) is 0 Å². The Morgan fingerprint density at radius 3 is 2.77 bits per heavy atom. The van der Waals surface area contributed by atoms with E-state index < -0.39 is 12.1 Å². The molecule has 1 N–H and O–H groups in total. The Labute approximate surface area is 129 Å². The van der Waals surface area contributed by atoms with Crippen molar-refractivity contribution >= 4 is 11.9 Å². The molecule has 0 aromatic carbocycles. The van der Waals surface area contributed by atoms with Gasteiger partial charge in [0.1, 0.15) is 5.76 Å². The summed E-state index contributed by atoms with van der Waals surface area (Å²) >= 11 is 0. The number of carbonyl (C=O) groups is 2. The largest absolute Gasteiger partial charge is 0.481 e. The highest BCUT2D eigenvalue weighted by atomic mass is 16.5. The minimum Gasteiger partial charge on any atom is -0.481 e. The Hall–Kier alpha value is -1.89. The summed E-state index contributed by atoms with van der Waals surface area (Å²) in [4.78, 5) is 24.9. The first-order valence-corrected chi connectivity index (χ1v) is 7.62. The van der Waals surface area contributed by atoms with E-state index in [9.17, 15) is 9.59 Å². The number of carboxylic acids is 1. The monoisotopic (exact) mass is 310 g/mol. The van der Waals surface area contributed by atoms with Crippen molar-refractivity contribution in [2.45, 2.75) is 45.6 Å². The minimum atomic E-state index is -0.917. The molecular formula is C15H22N2O5. The average Bonchev–Trinajstić information content (AvgIpc) is 2.88. The average molecular weight is 310 g/mol. The van der Waals surface area contributed by atoms with Gasteiger partial charge in [-0.25, -0.2) is 0 Å². The van der Waals surface area contributed by atoms with Gasteiger partial charge in [0.05, 0.1) is 31.2 Å². The summed E-state index contributed by atoms with van der Waals surface area (Å²) in [5.41, 5.74) is 1.69. The molecule has 122 valence electrons. The van der Waals surface area contributed by atoms with E-state index in [1.807, 2.05) is 13.8 Å². The smallest absolute Gasteiger partial charge is 0.306 e. The molecule has 1 aromatic rings. The normalized spacial score (nSPS) is 18.5. The van der Waals surface area contributed by atoms with Crippen molar-refractivity contribution in [2.24, 2.45) is 0 Å². The molecule has 1 aliphatic heterocycles. The van der Waals surface area contributed by atoms with E-state index in [0.717, 1.165) is 23.4 Å². The fraction of sp³-hybridized carbons (Fsp3) is 0.667. The third kappa shape index (κ3) is 3.85. The van der Waals surface area contributed by atoms with Crippen LogP contribution in [0.3, 0.4) is 0 Å². The van der Waals surface area contributed by atoms with E-state index in [0.29, 0.717) is 26.1 Å². The quantitative estimate of drug-likeness (QED) is 0.844. The van der Waals surface area contributed by atoms with Crippen molar-refractivity contribution in [2.75, 3.05) is 19.7 Å². The van der Waals surface area contributed by atoms with Gasteiger partial charge >= 0.3 is 5.97 Å². The van der Waals surface area contributed by atoms with Gasteiger partial charge in [-0.1, -0.05) is 19.0 Å². The molecule has 1 amide bonds. The van der Waals surface area contributed by atoms with Gasteiger partial charge in [-0.2, -0.15) is 0 Å². The third-order valence-corrected chi connectivity index (χ3v) is 3.83. The number of hydrogen-bond donors (Lipinski definition) is 1. The molecule has 7 nitrogen and oxygen atoms in total. The zero-order valence-corrected chi connectivity index (χ0v) is 13.0. The summed E-state index contributed by atoms with van der Waals surface area (Å²) < 4.78 is 10.7. The standard InChI is InChI=1S/C15H22N2O5/c1-3-12-11(13(4-2)22-16-12)8-14(18)17-5-6-21-10(9-17)7-15(19)20/h10H,3-9H2,1-2H3,(H,19,20)/t10-/m0/s1. The molecule has 1 aliphatic rings. The summed E-state index contributed by atoms with van der Waals surface area (Å²) in [6, 6.07) is 0. The van der Waals surface area contributed by atoms with Gasteiger partial charge in [0, 0.05) is 25.1 Å². The van der Waals surface area contributed by atoms with Gasteiger partial charge < -0.3 is 19.3 Å². The summed E-state index contributed by atoms with van der Waals surface area (Å²) in [5.74, 6) is -0.202. The highest BCUT2D eigenvalue weighted by molar-refractivity contribution is 5.79. The summed E-state index contributed by atoms with van der Waals surface area (Å²) in [6.45, 7) is 5.12. The number of morpholine rings is 1. The molecule has 1 fully saturated rings. The van der Waals surface area contributed by atoms with Crippen LogP contribution in [0.2, 0.25) is 0 Å². The van der Waals surface area contributed by atoms with Crippen LogP contribution in [0, 0.1) is 0 Å². The van der Waals surface area contributed by atoms with Crippen molar-refractivity contribution < 1.29 is 24.0 Å². The lowest BCUT2D eigenvalue weighted by Gasteiger charge is -2.32. The van der Waals surface area contributed by atoms with Gasteiger partial charge in [-0.05, 0) is 6.42 Å². The highest BCUT2D eigenvalue weighted by Gasteiger charge is 2.27. The summed E-state index contributed by atoms with van der Waals surface area (Å²) in [5, 5.41) is 12.8. The van der Waals surface area contributed by atoms with Crippen LogP contribution in [-0.2, 0) is 33.6 Å². The number of hydrogen-bond acceptors (Lipinski definition) is 5. The van der Waals surface area contributed by atoms with E-state index in [4.69, 9.17) is 14.4 Å². The molecule has 1 saturated heterocycles. The molecule has 0 radical (unpaired) electrons. The molecule has 0 unspecified atom stereocenters. The second-order valence-corrected chi connectivity index (χ2v) is 5.35. The summed E-state index contributed by atoms with van der Waals surface area (Å²) in [6.07, 6.45) is 1.14. The zero-order valence-electron chi connectivity index (χ0n) is 13.0. The molecular weight excluding hydrogens is 288 g/mol. The fourth-order valence-corrected chi connectivity index (χ4v) is 2.66. The number of carbonyl (C=O) groups excluding carboxylic acids is 1. The van der Waals surface area contributed by atoms with E-state index in [1.165, 1.54) is 0 Å². The lowest BCUT2D eigenvalue weighted by Crippen LogP contribution is -2.46. The van der Waals surface area contributed by atoms with Crippen LogP contribution in [0.25, 0.3) is 0 Å². The third-order valence-electron chi connectivity index (χ3n) is 3.83. The zero-order chi connectivity index (χ0) is 16.1. The van der Waals surface area contributed by atoms with Gasteiger partial charge in [0.25, 0.3) is 0 Å². The lowest BCUT2D eigenvalue weighted by molar-refractivity contribution is -0.147. The van der Waals surface area contributed by atoms with Crippen LogP contribution in [0.1, 0.15) is 37.3 Å². The van der Waals surface area contributed by atoms with Crippen LogP contribution in [0.4, 0.5) is 0 Å². The molecule has 7 heteroatoms. The number of rotatable bonds is 6. The highest BCUT2D eigenvalue weighted by Crippen LogP contribution is 2.18. The molecule has 0 saturated carbocycles. The number of amides is 1. The topological polar surface area (TPSA) is 92.9 Å². The van der Waals surface area contributed by atoms with Crippen molar-refractivity contribution in [3.05, 3.63) is 17.0 Å².